The average Bonchev–Trinajstić information content (AvgIpc) is 1.54. The highest BCUT2D eigenvalue weighted by Gasteiger charge is 2.77. The van der Waals surface area contributed by atoms with Crippen molar-refractivity contribution >= 4 is 120 Å². The lowest BCUT2D eigenvalue weighted by Crippen LogP contribution is -2.51. The molecule has 16 rings (SSSR count). The minimum absolute atomic E-state index is 0.00531. The Labute approximate surface area is 799 Å². The Hall–Kier alpha value is -9.88. The molecular weight excluding hydrogens is 2070 g/mol. The summed E-state index contributed by atoms with van der Waals surface area (Å²) in [6.07, 6.45) is -49.3. The Kier molecular flexibility index (Phi) is 29.7. The van der Waals surface area contributed by atoms with E-state index in [0.29, 0.717) is 22.3 Å². The van der Waals surface area contributed by atoms with Crippen molar-refractivity contribution in [1.29, 1.82) is 0 Å². The minimum Gasteiger partial charge on any atom is -0.748 e. The molecule has 4 aliphatic carbocycles. The molecule has 8 heterocycles. The molecule has 784 valence electrons. The quantitative estimate of drug-likeness (QED) is 0.0285. The minimum atomic E-state index is -5.48. The van der Waals surface area contributed by atoms with Crippen molar-refractivity contribution in [3.05, 3.63) is 138 Å². The van der Waals surface area contributed by atoms with Crippen LogP contribution in [0.5, 0.6) is 0 Å². The molecule has 0 N–H and O–H groups in total. The first-order valence-corrected chi connectivity index (χ1v) is 51.8. The van der Waals surface area contributed by atoms with Crippen molar-refractivity contribution in [3.63, 3.8) is 0 Å². The van der Waals surface area contributed by atoms with Crippen LogP contribution in [-0.2, 0) is 155 Å². The third-order valence-corrected chi connectivity index (χ3v) is 33.3. The fraction of sp³-hybridized carbons (Fsp3) is 0.595. The number of carbonyl (C=O) groups is 10. The summed E-state index contributed by atoms with van der Waals surface area (Å²) in [6.45, 7) is 20.9. The SMILES string of the molecule is Cc1cc(C)c(C)c(C(=O)OC2C3CC4C2OC(=O)C4C3C(=O)OC(CS(=O)(=O)[O-])C(F)(F)F)c1.Cc1cc(C)c(C)c(C(=O)OC2C3CC4C2OS(=O)(=O)C4C3C(=O)OC(CS(=O)(=O)[O-])C(F)(F)F)c1.Cc1cc(C)c(C)c(C(=O)OC2C3OC(=O)C4C3OC2C4C(=O)OC(CS(=O)(=O)[O-])C(F)(F)F)c1.Cc1cc(C)c(C)c(C(=O)OC2C3OS(=O)(=O)C4C3OC2C4C(=O)OC(CS(=O)(=O)[O-])C(F)(F)F)c1. The van der Waals surface area contributed by atoms with Gasteiger partial charge in [-0.15, -0.1) is 0 Å². The number of halogens is 12. The average molecular weight is 2150 g/mol. The van der Waals surface area contributed by atoms with Gasteiger partial charge >= 0.3 is 84.4 Å². The third-order valence-electron chi connectivity index (χ3n) is 27.0. The fourth-order valence-electron chi connectivity index (χ4n) is 20.5. The second-order valence-corrected chi connectivity index (χ2v) is 45.8. The number of carbonyl (C=O) groups excluding carboxylic acids is 10. The van der Waals surface area contributed by atoms with Crippen LogP contribution in [0.3, 0.4) is 0 Å². The number of ether oxygens (including phenoxy) is 12. The van der Waals surface area contributed by atoms with Crippen LogP contribution in [0.1, 0.15) is 121 Å². The second-order valence-electron chi connectivity index (χ2n) is 36.5. The summed E-state index contributed by atoms with van der Waals surface area (Å²) < 4.78 is 411. The monoisotopic (exact) mass is 2150 g/mol. The first kappa shape index (κ1) is 109. The lowest BCUT2D eigenvalue weighted by Gasteiger charge is -2.31. The van der Waals surface area contributed by atoms with Gasteiger partial charge in [-0.05, 0) is 187 Å². The molecule has 12 aliphatic rings. The lowest BCUT2D eigenvalue weighted by atomic mass is 9.78. The zero-order valence-electron chi connectivity index (χ0n) is 75.3. The standard InChI is InChI=1S/C22H23F3O9S.C21H23F3O10S2.C21H21F3O10S.C20H21F3O11S2/c1-8-4-9(2)10(3)11(5-8)19(26)33-17-12-6-13-16(21(28)34-18(13)17)15(12)20(27)32-14(22(23,24)25)7-35(29,30)31;1-8-4-9(2)10(3)11(5-8)19(25)33-16-12-6-13-17(16)34-36(30,31)18(13)15(12)20(26)32-14(21(22,23)24)7-35(27,28)29;1-7-4-8(2)9(3)10(5-7)18(25)33-16-14-12(13-15(32-14)17(16)34-20(13)27)19(26)31-11(21(22,23)24)6-35(28,29)30;1-7-4-8(2)9(3)10(5-7)18(24)33-14-13-12(17-16(32-13)15(14)34-36(17,29)30)19(25)31-11(20(21,22)23)6-35(26,27)28/h4-5,12-18H,6-7H2,1-3H3,(H,29,30,31);4-5,12-18H,6-7H2,1-3H3,(H,27,28,29);4-5,11-17H,6H2,1-3H3,(H,28,29,30);4-5,11-17H,6H2,1-3H3,(H,26,27,28)/p-4. The van der Waals surface area contributed by atoms with Gasteiger partial charge in [-0.3, -0.25) is 37.1 Å². The molecule has 0 amide bonds. The van der Waals surface area contributed by atoms with Crippen molar-refractivity contribution in [2.45, 2.75) is 229 Å². The van der Waals surface area contributed by atoms with E-state index >= 15 is 0 Å². The molecule has 4 aromatic carbocycles. The number of rotatable bonds is 24. The van der Waals surface area contributed by atoms with E-state index in [-0.39, 0.29) is 35.1 Å². The van der Waals surface area contributed by atoms with Crippen LogP contribution in [0.25, 0.3) is 0 Å². The number of aryl methyl sites for hydroxylation is 8. The molecule has 4 aromatic rings. The van der Waals surface area contributed by atoms with Gasteiger partial charge in [-0.1, -0.05) is 24.3 Å². The summed E-state index contributed by atoms with van der Waals surface area (Å²) in [7, 11) is -30.7. The summed E-state index contributed by atoms with van der Waals surface area (Å²) in [6, 6.07) is 13.7. The predicted molar refractivity (Wildman–Crippen MR) is 438 cm³/mol. The van der Waals surface area contributed by atoms with E-state index in [4.69, 9.17) is 46.3 Å². The van der Waals surface area contributed by atoms with Crippen LogP contribution in [0.15, 0.2) is 48.5 Å². The molecule has 28 unspecified atom stereocenters. The molecule has 0 aromatic heterocycles. The van der Waals surface area contributed by atoms with Gasteiger partial charge in [0.15, 0.2) is 18.3 Å². The number of fused-ring (bicyclic) bond motifs is 4. The molecule has 0 spiro atoms. The maximum atomic E-state index is 13.3. The zero-order valence-corrected chi connectivity index (χ0v) is 80.2. The van der Waals surface area contributed by atoms with E-state index in [9.17, 15) is 169 Å². The summed E-state index contributed by atoms with van der Waals surface area (Å²) in [5.74, 6) is -32.3. The Balaban J connectivity index is 0.000000159. The Morgan fingerprint density at radius 2 is 0.620 bits per heavy atom. The first-order chi connectivity index (χ1) is 65.0. The van der Waals surface area contributed by atoms with Crippen LogP contribution < -0.4 is 0 Å². The molecule has 142 heavy (non-hydrogen) atoms. The van der Waals surface area contributed by atoms with Gasteiger partial charge in [-0.2, -0.15) is 69.5 Å². The van der Waals surface area contributed by atoms with Gasteiger partial charge in [-0.25, -0.2) is 52.8 Å². The number of hydrogen-bond acceptors (Lipinski definition) is 40. The molecule has 28 atom stereocenters. The Bertz CT molecular complexity index is 6200. The van der Waals surface area contributed by atoms with E-state index in [1.165, 1.54) is 6.07 Å². The van der Waals surface area contributed by atoms with Crippen LogP contribution in [-0.4, -0.2) is 284 Å². The van der Waals surface area contributed by atoms with E-state index in [2.05, 4.69) is 18.9 Å². The molecular formula is C84H84F12O40S6-4. The second kappa shape index (κ2) is 38.5. The molecule has 40 nitrogen and oxygen atoms in total. The highest BCUT2D eigenvalue weighted by molar-refractivity contribution is 7.88. The van der Waals surface area contributed by atoms with Gasteiger partial charge < -0.3 is 75.1 Å². The summed E-state index contributed by atoms with van der Waals surface area (Å²) in [5, 5.41) is -3.31. The van der Waals surface area contributed by atoms with E-state index in [0.717, 1.165) is 44.5 Å². The Morgan fingerprint density at radius 1 is 0.338 bits per heavy atom. The number of esters is 10. The van der Waals surface area contributed by atoms with Gasteiger partial charge in [0, 0.05) is 23.7 Å². The summed E-state index contributed by atoms with van der Waals surface area (Å²) in [5.41, 5.74) is 9.52. The smallest absolute Gasteiger partial charge is 0.426 e. The fourth-order valence-corrected chi connectivity index (χ4v) is 26.9. The van der Waals surface area contributed by atoms with Crippen LogP contribution >= 0.6 is 0 Å². The number of hydrogen-bond donors (Lipinski definition) is 0. The maximum absolute atomic E-state index is 13.3. The molecule has 58 heteroatoms. The summed E-state index contributed by atoms with van der Waals surface area (Å²) >= 11 is 0. The lowest BCUT2D eigenvalue weighted by molar-refractivity contribution is -0.219. The molecule has 8 saturated heterocycles. The van der Waals surface area contributed by atoms with Crippen LogP contribution in [0.4, 0.5) is 52.7 Å². The van der Waals surface area contributed by atoms with Crippen molar-refractivity contribution in [2.75, 3.05) is 23.0 Å². The summed E-state index contributed by atoms with van der Waals surface area (Å²) in [4.78, 5) is 128. The predicted octanol–water partition coefficient (Wildman–Crippen LogP) is 5.23. The van der Waals surface area contributed by atoms with Crippen LogP contribution in [0.2, 0.25) is 0 Å². The number of alkyl halides is 12. The third kappa shape index (κ3) is 22.3. The molecule has 0 radical (unpaired) electrons. The number of benzene rings is 4. The molecule has 8 bridgehead atoms. The largest absolute Gasteiger partial charge is 0.748 e. The van der Waals surface area contributed by atoms with Gasteiger partial charge in [0.2, 0.25) is 24.4 Å². The van der Waals surface area contributed by atoms with Crippen molar-refractivity contribution in [1.82, 2.24) is 0 Å². The highest BCUT2D eigenvalue weighted by Crippen LogP contribution is 2.62. The van der Waals surface area contributed by atoms with Gasteiger partial charge in [0.1, 0.15) is 83.2 Å². The molecule has 4 saturated carbocycles. The zero-order chi connectivity index (χ0) is 106. The topological polar surface area (TPSA) is 597 Å². The van der Waals surface area contributed by atoms with Crippen molar-refractivity contribution in [2.24, 2.45) is 59.2 Å². The highest BCUT2D eigenvalue weighted by atomic mass is 32.2. The van der Waals surface area contributed by atoms with Gasteiger partial charge in [0.25, 0.3) is 20.2 Å². The molecule has 8 aliphatic heterocycles. The van der Waals surface area contributed by atoms with Gasteiger partial charge in [0.05, 0.1) is 103 Å². The van der Waals surface area contributed by atoms with E-state index in [1.54, 1.807) is 94.4 Å². The van der Waals surface area contributed by atoms with E-state index in [1.807, 2.05) is 31.2 Å². The Morgan fingerprint density at radius 3 is 0.986 bits per heavy atom. The maximum Gasteiger partial charge on any atom is 0.426 e. The van der Waals surface area contributed by atoms with E-state index < -0.39 is 335 Å². The van der Waals surface area contributed by atoms with Crippen molar-refractivity contribution < 1.29 is 235 Å². The van der Waals surface area contributed by atoms with Crippen LogP contribution in [0, 0.1) is 142 Å². The first-order valence-electron chi connectivity index (χ1n) is 42.5. The molecule has 12 fully saturated rings. The normalized spacial score (nSPS) is 30.8. The van der Waals surface area contributed by atoms with Crippen molar-refractivity contribution in [3.8, 4) is 0 Å².